The van der Waals surface area contributed by atoms with Gasteiger partial charge >= 0.3 is 17.9 Å². The van der Waals surface area contributed by atoms with Crippen LogP contribution < -0.4 is 21.7 Å². The van der Waals surface area contributed by atoms with Crippen molar-refractivity contribution in [1.82, 2.24) is 16.0 Å². The third kappa shape index (κ3) is 10.4. The summed E-state index contributed by atoms with van der Waals surface area (Å²) in [5, 5.41) is 32.3. The Morgan fingerprint density at radius 1 is 0.926 bits per heavy atom. The van der Waals surface area contributed by atoms with E-state index in [-0.39, 0.29) is 12.8 Å². The van der Waals surface area contributed by atoms with Gasteiger partial charge in [0.1, 0.15) is 12.1 Å². The van der Waals surface area contributed by atoms with Crippen molar-refractivity contribution in [1.29, 1.82) is 0 Å². The molecule has 0 aromatic carbocycles. The minimum absolute atomic E-state index is 0.153. The lowest BCUT2D eigenvalue weighted by Crippen LogP contribution is -2.53. The van der Waals surface area contributed by atoms with Crippen molar-refractivity contribution in [2.75, 3.05) is 6.54 Å². The van der Waals surface area contributed by atoms with Gasteiger partial charge in [-0.15, -0.1) is 0 Å². The molecule has 3 unspecified atom stereocenters. The maximum Gasteiger partial charge on any atom is 0.325 e. The highest BCUT2D eigenvalue weighted by Crippen LogP contribution is 1.96. The zero-order chi connectivity index (χ0) is 21.1. The number of carbonyl (C=O) groups is 6. The predicted octanol–water partition coefficient (Wildman–Crippen LogP) is -3.16. The molecule has 0 aromatic heterocycles. The Hall–Kier alpha value is -3.22. The summed E-state index contributed by atoms with van der Waals surface area (Å²) in [7, 11) is 0. The van der Waals surface area contributed by atoms with Crippen molar-refractivity contribution in [2.24, 2.45) is 5.73 Å². The van der Waals surface area contributed by atoms with Crippen LogP contribution in [0.4, 0.5) is 0 Å². The molecule has 0 saturated carbocycles. The molecular formula is C14H22N4O9. The van der Waals surface area contributed by atoms with Gasteiger partial charge in [0.25, 0.3) is 0 Å². The van der Waals surface area contributed by atoms with Crippen LogP contribution in [0, 0.1) is 0 Å². The number of carboxylic acid groups (broad SMARTS) is 3. The first-order chi connectivity index (χ1) is 12.4. The molecule has 0 aliphatic rings. The lowest BCUT2D eigenvalue weighted by molar-refractivity contribution is -0.143. The highest BCUT2D eigenvalue weighted by Gasteiger charge is 2.26. The van der Waals surface area contributed by atoms with Gasteiger partial charge < -0.3 is 37.0 Å². The van der Waals surface area contributed by atoms with Crippen LogP contribution in [0.2, 0.25) is 0 Å². The fourth-order valence-electron chi connectivity index (χ4n) is 1.71. The van der Waals surface area contributed by atoms with Crippen LogP contribution in [0.15, 0.2) is 0 Å². The summed E-state index contributed by atoms with van der Waals surface area (Å²) in [4.78, 5) is 67.3. The monoisotopic (exact) mass is 390 g/mol. The zero-order valence-electron chi connectivity index (χ0n) is 14.4. The van der Waals surface area contributed by atoms with Crippen molar-refractivity contribution in [3.05, 3.63) is 0 Å². The van der Waals surface area contributed by atoms with Crippen LogP contribution in [0.25, 0.3) is 0 Å². The molecule has 0 rings (SSSR count). The molecular weight excluding hydrogens is 368 g/mol. The van der Waals surface area contributed by atoms with E-state index in [2.05, 4.69) is 10.6 Å². The molecule has 0 radical (unpaired) electrons. The normalized spacial score (nSPS) is 13.6. The van der Waals surface area contributed by atoms with Gasteiger partial charge in [0, 0.05) is 6.42 Å². The first kappa shape index (κ1) is 23.8. The second-order valence-electron chi connectivity index (χ2n) is 5.54. The maximum atomic E-state index is 11.9. The molecule has 8 N–H and O–H groups in total. The second kappa shape index (κ2) is 11.4. The van der Waals surface area contributed by atoms with E-state index in [1.54, 1.807) is 0 Å². The van der Waals surface area contributed by atoms with Crippen LogP contribution in [0.1, 0.15) is 26.2 Å². The summed E-state index contributed by atoms with van der Waals surface area (Å²) in [5.41, 5.74) is 5.45. The molecule has 0 heterocycles. The average Bonchev–Trinajstić information content (AvgIpc) is 2.56. The first-order valence-electron chi connectivity index (χ1n) is 7.73. The number of amides is 3. The van der Waals surface area contributed by atoms with Gasteiger partial charge in [0.05, 0.1) is 19.0 Å². The highest BCUT2D eigenvalue weighted by molar-refractivity contribution is 5.94. The zero-order valence-corrected chi connectivity index (χ0v) is 14.4. The van der Waals surface area contributed by atoms with Gasteiger partial charge in [0.2, 0.25) is 17.7 Å². The number of carboxylic acids is 3. The van der Waals surface area contributed by atoms with Gasteiger partial charge in [-0.3, -0.25) is 28.8 Å². The molecule has 0 bridgehead atoms. The summed E-state index contributed by atoms with van der Waals surface area (Å²) in [5.74, 6) is -6.66. The average molecular weight is 390 g/mol. The summed E-state index contributed by atoms with van der Waals surface area (Å²) in [6.07, 6.45) is -1.31. The number of carbonyl (C=O) groups excluding carboxylic acids is 3. The third-order valence-corrected chi connectivity index (χ3v) is 3.19. The predicted molar refractivity (Wildman–Crippen MR) is 87.3 cm³/mol. The van der Waals surface area contributed by atoms with Gasteiger partial charge in [-0.1, -0.05) is 0 Å². The Bertz CT molecular complexity index is 607. The molecule has 13 heteroatoms. The molecule has 3 amide bonds. The fraction of sp³-hybridized carbons (Fsp3) is 0.571. The number of nitrogens with one attached hydrogen (secondary N) is 3. The number of nitrogens with two attached hydrogens (primary N) is 1. The van der Waals surface area contributed by atoms with Crippen LogP contribution in [-0.2, 0) is 28.8 Å². The molecule has 0 spiro atoms. The van der Waals surface area contributed by atoms with Crippen LogP contribution in [0.3, 0.4) is 0 Å². The van der Waals surface area contributed by atoms with E-state index < -0.39 is 66.7 Å². The minimum Gasteiger partial charge on any atom is -0.481 e. The Kier molecular flexibility index (Phi) is 10.0. The smallest absolute Gasteiger partial charge is 0.325 e. The second-order valence-corrected chi connectivity index (χ2v) is 5.54. The Morgan fingerprint density at radius 3 is 2.00 bits per heavy atom. The molecule has 0 aromatic rings. The number of hydrogen-bond acceptors (Lipinski definition) is 7. The number of hydrogen-bond donors (Lipinski definition) is 7. The molecule has 13 nitrogen and oxygen atoms in total. The van der Waals surface area contributed by atoms with Gasteiger partial charge in [0.15, 0.2) is 0 Å². The lowest BCUT2D eigenvalue weighted by Gasteiger charge is -2.19. The third-order valence-electron chi connectivity index (χ3n) is 3.19. The van der Waals surface area contributed by atoms with Crippen molar-refractivity contribution >= 4 is 35.6 Å². The topological polar surface area (TPSA) is 225 Å². The Labute approximate surface area is 153 Å². The first-order valence-corrected chi connectivity index (χ1v) is 7.73. The molecule has 27 heavy (non-hydrogen) atoms. The fourth-order valence-corrected chi connectivity index (χ4v) is 1.71. The van der Waals surface area contributed by atoms with Crippen molar-refractivity contribution in [3.63, 3.8) is 0 Å². The Balaban J connectivity index is 4.65. The maximum absolute atomic E-state index is 11.9. The van der Waals surface area contributed by atoms with E-state index in [4.69, 9.17) is 21.1 Å². The quantitative estimate of drug-likeness (QED) is 0.177. The van der Waals surface area contributed by atoms with Crippen molar-refractivity contribution in [2.45, 2.75) is 44.3 Å². The van der Waals surface area contributed by atoms with Crippen LogP contribution in [0.5, 0.6) is 0 Å². The minimum atomic E-state index is -1.56. The molecule has 0 fully saturated rings. The van der Waals surface area contributed by atoms with E-state index in [1.165, 1.54) is 0 Å². The summed E-state index contributed by atoms with van der Waals surface area (Å²) >= 11 is 0. The van der Waals surface area contributed by atoms with Crippen molar-refractivity contribution in [3.8, 4) is 0 Å². The number of aliphatic carboxylic acids is 3. The van der Waals surface area contributed by atoms with Gasteiger partial charge in [-0.25, -0.2) is 0 Å². The van der Waals surface area contributed by atoms with Crippen molar-refractivity contribution < 1.29 is 44.1 Å². The van der Waals surface area contributed by atoms with E-state index in [0.717, 1.165) is 6.92 Å². The Morgan fingerprint density at radius 2 is 1.52 bits per heavy atom. The summed E-state index contributed by atoms with van der Waals surface area (Å²) in [6.45, 7) is 0.510. The summed E-state index contributed by atoms with van der Waals surface area (Å²) in [6, 6.07) is -4.03. The van der Waals surface area contributed by atoms with E-state index in [9.17, 15) is 28.8 Å². The highest BCUT2D eigenvalue weighted by atomic mass is 16.4. The van der Waals surface area contributed by atoms with E-state index >= 15 is 0 Å². The molecule has 0 aliphatic carbocycles. The lowest BCUT2D eigenvalue weighted by atomic mass is 10.1. The standard InChI is InChI=1S/C14H22N4O9/c1-6(14(26)27)17-13(25)8(4-11(22)23)18-9(19)5-16-12(24)7(15)2-3-10(20)21/h6-8H,2-5,15H2,1H3,(H,16,24)(H,17,25)(H,18,19)(H,20,21)(H,22,23)(H,26,27). The van der Waals surface area contributed by atoms with Crippen LogP contribution >= 0.6 is 0 Å². The SMILES string of the molecule is CC(NC(=O)C(CC(=O)O)NC(=O)CNC(=O)C(N)CCC(=O)O)C(=O)O. The molecule has 3 atom stereocenters. The van der Waals surface area contributed by atoms with E-state index in [0.29, 0.717) is 0 Å². The summed E-state index contributed by atoms with van der Waals surface area (Å²) < 4.78 is 0. The van der Waals surface area contributed by atoms with Gasteiger partial charge in [-0.05, 0) is 13.3 Å². The largest absolute Gasteiger partial charge is 0.481 e. The van der Waals surface area contributed by atoms with Gasteiger partial charge in [-0.2, -0.15) is 0 Å². The molecule has 0 aliphatic heterocycles. The van der Waals surface area contributed by atoms with Crippen LogP contribution in [-0.4, -0.2) is 75.6 Å². The van der Waals surface area contributed by atoms with E-state index in [1.807, 2.05) is 5.32 Å². The molecule has 152 valence electrons. The molecule has 0 saturated heterocycles. The number of rotatable bonds is 12.